The van der Waals surface area contributed by atoms with Gasteiger partial charge < -0.3 is 9.64 Å². The normalized spacial score (nSPS) is 25.0. The summed E-state index contributed by atoms with van der Waals surface area (Å²) < 4.78 is 5.79. The third kappa shape index (κ3) is 3.37. The van der Waals surface area contributed by atoms with Gasteiger partial charge >= 0.3 is 5.97 Å². The minimum atomic E-state index is -0.365. The summed E-state index contributed by atoms with van der Waals surface area (Å²) in [4.78, 5) is 15.2. The topological polar surface area (TPSA) is 29.5 Å². The van der Waals surface area contributed by atoms with E-state index in [0.717, 1.165) is 19.4 Å². The Morgan fingerprint density at radius 3 is 2.55 bits per heavy atom. The van der Waals surface area contributed by atoms with Gasteiger partial charge in [0.1, 0.15) is 5.75 Å². The van der Waals surface area contributed by atoms with Crippen LogP contribution < -0.4 is 4.74 Å². The lowest BCUT2D eigenvalue weighted by molar-refractivity contribution is 0.0609. The van der Waals surface area contributed by atoms with Crippen molar-refractivity contribution in [2.24, 2.45) is 5.92 Å². The standard InChI is InChI=1S/C27H26ClNO2/c1-18-25-16-20-10-13-23(31-26(30)19-8-11-22(28)12-9-19)17-24(20)27(18,14-15-29(25)2)21-6-4-3-5-7-21/h3-13,17-18,25H,14-16H2,1-2H3. The average molecular weight is 432 g/mol. The Morgan fingerprint density at radius 1 is 1.06 bits per heavy atom. The summed E-state index contributed by atoms with van der Waals surface area (Å²) >= 11 is 5.95. The molecule has 0 amide bonds. The molecule has 1 aliphatic heterocycles. The molecule has 3 nitrogen and oxygen atoms in total. The number of hydrogen-bond donors (Lipinski definition) is 0. The molecule has 2 aliphatic rings. The van der Waals surface area contributed by atoms with Crippen LogP contribution >= 0.6 is 11.6 Å². The molecule has 2 bridgehead atoms. The molecule has 1 heterocycles. The summed E-state index contributed by atoms with van der Waals surface area (Å²) in [7, 11) is 2.24. The number of fused-ring (bicyclic) bond motifs is 4. The molecule has 4 heteroatoms. The molecule has 3 unspecified atom stereocenters. The highest BCUT2D eigenvalue weighted by Crippen LogP contribution is 2.53. The zero-order valence-electron chi connectivity index (χ0n) is 17.8. The van der Waals surface area contributed by atoms with Crippen LogP contribution in [-0.4, -0.2) is 30.5 Å². The number of esters is 1. The van der Waals surface area contributed by atoms with Crippen LogP contribution in [-0.2, 0) is 11.8 Å². The molecule has 1 saturated heterocycles. The number of halogens is 1. The van der Waals surface area contributed by atoms with E-state index >= 15 is 0 Å². The molecule has 3 aromatic carbocycles. The maximum absolute atomic E-state index is 12.7. The molecule has 0 radical (unpaired) electrons. The van der Waals surface area contributed by atoms with E-state index in [9.17, 15) is 4.79 Å². The molecule has 158 valence electrons. The van der Waals surface area contributed by atoms with Crippen LogP contribution in [0.1, 0.15) is 40.4 Å². The minimum absolute atomic E-state index is 0.0747. The van der Waals surface area contributed by atoms with Gasteiger partial charge in [-0.15, -0.1) is 0 Å². The van der Waals surface area contributed by atoms with Gasteiger partial charge in [-0.3, -0.25) is 0 Å². The van der Waals surface area contributed by atoms with Crippen molar-refractivity contribution in [2.45, 2.75) is 31.2 Å². The number of nitrogens with zero attached hydrogens (tertiary/aromatic N) is 1. The van der Waals surface area contributed by atoms with Crippen molar-refractivity contribution < 1.29 is 9.53 Å². The van der Waals surface area contributed by atoms with Crippen LogP contribution in [0.5, 0.6) is 5.75 Å². The number of ether oxygens (including phenoxy) is 1. The zero-order valence-corrected chi connectivity index (χ0v) is 18.6. The van der Waals surface area contributed by atoms with Crippen LogP contribution in [0.25, 0.3) is 0 Å². The Morgan fingerprint density at radius 2 is 1.81 bits per heavy atom. The highest BCUT2D eigenvalue weighted by molar-refractivity contribution is 6.30. The molecular weight excluding hydrogens is 406 g/mol. The first kappa shape index (κ1) is 20.3. The van der Waals surface area contributed by atoms with Crippen molar-refractivity contribution >= 4 is 17.6 Å². The number of benzene rings is 3. The Hall–Kier alpha value is -2.62. The highest BCUT2D eigenvalue weighted by atomic mass is 35.5. The van der Waals surface area contributed by atoms with Crippen LogP contribution in [0.4, 0.5) is 0 Å². The quantitative estimate of drug-likeness (QED) is 0.391. The minimum Gasteiger partial charge on any atom is -0.423 e. The second kappa shape index (κ2) is 7.81. The summed E-state index contributed by atoms with van der Waals surface area (Å²) in [5.74, 6) is 0.692. The zero-order chi connectivity index (χ0) is 21.6. The van der Waals surface area contributed by atoms with Crippen LogP contribution in [0, 0.1) is 5.92 Å². The lowest BCUT2D eigenvalue weighted by Gasteiger charge is -2.55. The van der Waals surface area contributed by atoms with Crippen molar-refractivity contribution in [2.75, 3.05) is 13.6 Å². The maximum atomic E-state index is 12.7. The summed E-state index contributed by atoms with van der Waals surface area (Å²) in [5, 5.41) is 0.598. The number of piperidine rings is 1. The second-order valence-electron chi connectivity index (χ2n) is 8.84. The van der Waals surface area contributed by atoms with Gasteiger partial charge in [-0.1, -0.05) is 54.9 Å². The number of carbonyl (C=O) groups is 1. The SMILES string of the molecule is CC1C2Cc3ccc(OC(=O)c4ccc(Cl)cc4)cc3C1(c1ccccc1)CCN2C. The Bertz CT molecular complexity index is 1110. The fourth-order valence-electron chi connectivity index (χ4n) is 5.66. The molecule has 1 fully saturated rings. The summed E-state index contributed by atoms with van der Waals surface area (Å²) in [6.07, 6.45) is 2.07. The predicted molar refractivity (Wildman–Crippen MR) is 124 cm³/mol. The third-order valence-electron chi connectivity index (χ3n) is 7.35. The van der Waals surface area contributed by atoms with E-state index in [0.29, 0.717) is 28.3 Å². The Kier molecular flexibility index (Phi) is 5.11. The van der Waals surface area contributed by atoms with Crippen LogP contribution in [0.2, 0.25) is 5.02 Å². The van der Waals surface area contributed by atoms with Gasteiger partial charge in [0.15, 0.2) is 0 Å². The van der Waals surface area contributed by atoms with E-state index in [4.69, 9.17) is 16.3 Å². The van der Waals surface area contributed by atoms with E-state index < -0.39 is 0 Å². The highest BCUT2D eigenvalue weighted by Gasteiger charge is 2.51. The molecule has 31 heavy (non-hydrogen) atoms. The van der Waals surface area contributed by atoms with E-state index in [-0.39, 0.29) is 11.4 Å². The largest absolute Gasteiger partial charge is 0.423 e. The van der Waals surface area contributed by atoms with E-state index in [1.165, 1.54) is 16.7 Å². The molecule has 0 aromatic heterocycles. The number of likely N-dealkylation sites (N-methyl/N-ethyl adjacent to an activating group) is 1. The predicted octanol–water partition coefficient (Wildman–Crippen LogP) is 5.74. The number of carbonyl (C=O) groups excluding carboxylic acids is 1. The van der Waals surface area contributed by atoms with Gasteiger partial charge in [0.25, 0.3) is 0 Å². The van der Waals surface area contributed by atoms with Crippen molar-refractivity contribution in [1.29, 1.82) is 0 Å². The van der Waals surface area contributed by atoms with Gasteiger partial charge in [0.05, 0.1) is 5.56 Å². The first-order chi connectivity index (χ1) is 15.0. The first-order valence-corrected chi connectivity index (χ1v) is 11.2. The fourth-order valence-corrected chi connectivity index (χ4v) is 5.78. The summed E-state index contributed by atoms with van der Waals surface area (Å²) in [5.41, 5.74) is 4.42. The third-order valence-corrected chi connectivity index (χ3v) is 7.60. The van der Waals surface area contributed by atoms with Gasteiger partial charge in [0.2, 0.25) is 0 Å². The summed E-state index contributed by atoms with van der Waals surface area (Å²) in [6, 6.07) is 24.3. The molecule has 5 rings (SSSR count). The van der Waals surface area contributed by atoms with Gasteiger partial charge in [-0.2, -0.15) is 0 Å². The second-order valence-corrected chi connectivity index (χ2v) is 9.28. The lowest BCUT2D eigenvalue weighted by atomic mass is 9.55. The van der Waals surface area contributed by atoms with Gasteiger partial charge in [-0.25, -0.2) is 4.79 Å². The van der Waals surface area contributed by atoms with E-state index in [1.807, 2.05) is 6.07 Å². The van der Waals surface area contributed by atoms with E-state index in [2.05, 4.69) is 61.3 Å². The monoisotopic (exact) mass is 431 g/mol. The van der Waals surface area contributed by atoms with Crippen LogP contribution in [0.15, 0.2) is 72.8 Å². The number of rotatable bonds is 3. The molecule has 0 saturated carbocycles. The molecular formula is C27H26ClNO2. The number of likely N-dealkylation sites (tertiary alicyclic amines) is 1. The maximum Gasteiger partial charge on any atom is 0.343 e. The molecule has 0 N–H and O–H groups in total. The molecule has 0 spiro atoms. The lowest BCUT2D eigenvalue weighted by Crippen LogP contribution is -2.58. The van der Waals surface area contributed by atoms with Crippen molar-refractivity contribution in [3.8, 4) is 5.75 Å². The molecule has 1 aliphatic carbocycles. The van der Waals surface area contributed by atoms with Crippen LogP contribution in [0.3, 0.4) is 0 Å². The Labute approximate surface area is 188 Å². The molecule has 3 aromatic rings. The van der Waals surface area contributed by atoms with Crippen molar-refractivity contribution in [3.05, 3.63) is 100 Å². The number of hydrogen-bond acceptors (Lipinski definition) is 3. The smallest absolute Gasteiger partial charge is 0.343 e. The van der Waals surface area contributed by atoms with Gasteiger partial charge in [-0.05, 0) is 85.4 Å². The summed E-state index contributed by atoms with van der Waals surface area (Å²) in [6.45, 7) is 3.43. The van der Waals surface area contributed by atoms with Crippen molar-refractivity contribution in [1.82, 2.24) is 4.90 Å². The fraction of sp³-hybridized carbons (Fsp3) is 0.296. The van der Waals surface area contributed by atoms with Gasteiger partial charge in [0, 0.05) is 16.5 Å². The van der Waals surface area contributed by atoms with Crippen molar-refractivity contribution in [3.63, 3.8) is 0 Å². The van der Waals surface area contributed by atoms with E-state index in [1.54, 1.807) is 24.3 Å². The average Bonchev–Trinajstić information content (AvgIpc) is 2.78. The molecule has 3 atom stereocenters. The Balaban J connectivity index is 1.57. The first-order valence-electron chi connectivity index (χ1n) is 10.9.